The number of fused-ring (bicyclic) bond motifs is 3. The molecule has 378 valence electrons. The molecule has 0 atom stereocenters. The number of nitrogens with one attached hydrogen (secondary N) is 5. The van der Waals surface area contributed by atoms with Crippen molar-refractivity contribution < 1.29 is 34.0 Å². The number of anilines is 2. The van der Waals surface area contributed by atoms with Crippen LogP contribution in [0, 0.1) is 18.6 Å². The molecule has 7 N–H and O–H groups in total. The van der Waals surface area contributed by atoms with E-state index in [2.05, 4.69) is 39.5 Å². The first kappa shape index (κ1) is 53.0. The Morgan fingerprint density at radius 3 is 1.62 bits per heavy atom. The van der Waals surface area contributed by atoms with Crippen molar-refractivity contribution >= 4 is 91.2 Å². The molecule has 9 aromatic rings. The van der Waals surface area contributed by atoms with Gasteiger partial charge in [0.2, 0.25) is 26.0 Å². The average Bonchev–Trinajstić information content (AvgIpc) is 3.73. The van der Waals surface area contributed by atoms with Gasteiger partial charge < -0.3 is 10.7 Å². The van der Waals surface area contributed by atoms with E-state index in [-0.39, 0.29) is 28.1 Å². The van der Waals surface area contributed by atoms with E-state index in [1.807, 2.05) is 60.2 Å². The van der Waals surface area contributed by atoms with Crippen LogP contribution in [0.4, 0.5) is 20.4 Å². The van der Waals surface area contributed by atoms with Gasteiger partial charge in [-0.3, -0.25) is 19.0 Å². The van der Waals surface area contributed by atoms with E-state index >= 15 is 0 Å². The number of rotatable bonds is 10. The van der Waals surface area contributed by atoms with Gasteiger partial charge in [0.1, 0.15) is 11.6 Å². The zero-order valence-corrected chi connectivity index (χ0v) is 42.7. The highest BCUT2D eigenvalue weighted by Gasteiger charge is 2.15. The molecule has 18 nitrogen and oxygen atoms in total. The summed E-state index contributed by atoms with van der Waals surface area (Å²) in [6.45, 7) is 1.90. The molecule has 0 radical (unpaired) electrons. The number of hydrogen-bond acceptors (Lipinski definition) is 13. The summed E-state index contributed by atoms with van der Waals surface area (Å²) in [4.78, 5) is 31.1. The van der Waals surface area contributed by atoms with Gasteiger partial charge in [0.05, 0.1) is 52.0 Å². The van der Waals surface area contributed by atoms with E-state index < -0.39 is 35.9 Å². The maximum Gasteiger partial charge on any atom is 0.272 e. The fourth-order valence-electron chi connectivity index (χ4n) is 7.46. The van der Waals surface area contributed by atoms with Crippen molar-refractivity contribution in [2.24, 2.45) is 4.40 Å². The Morgan fingerprint density at radius 2 is 1.15 bits per heavy atom. The van der Waals surface area contributed by atoms with Crippen molar-refractivity contribution in [3.63, 3.8) is 0 Å². The van der Waals surface area contributed by atoms with Crippen molar-refractivity contribution in [1.82, 2.24) is 35.1 Å². The highest BCUT2D eigenvalue weighted by atomic mass is 32.2. The van der Waals surface area contributed by atoms with Crippen LogP contribution in [-0.4, -0.2) is 85.8 Å². The van der Waals surface area contributed by atoms with E-state index in [9.17, 15) is 43.6 Å². The number of thioether (sulfide) groups is 1. The van der Waals surface area contributed by atoms with Crippen molar-refractivity contribution in [2.75, 3.05) is 35.5 Å². The minimum Gasteiger partial charge on any atom is -0.399 e. The zero-order valence-electron chi connectivity index (χ0n) is 39.5. The summed E-state index contributed by atoms with van der Waals surface area (Å²) < 4.78 is 102. The Labute approximate surface area is 421 Å². The third-order valence-corrected chi connectivity index (χ3v) is 13.2. The summed E-state index contributed by atoms with van der Waals surface area (Å²) in [5, 5.41) is 16.0. The average molecular weight is 1070 g/mol. The van der Waals surface area contributed by atoms with Crippen molar-refractivity contribution in [2.45, 2.75) is 19.8 Å². The number of amidine groups is 1. The number of H-pyrrole nitrogens is 3. The minimum absolute atomic E-state index is 0.0925. The summed E-state index contributed by atoms with van der Waals surface area (Å²) in [7, 11) is -10.5. The molecular weight excluding hydrogens is 1020 g/mol. The molecule has 0 spiro atoms. The lowest BCUT2D eigenvalue weighted by molar-refractivity contribution is 0.598. The summed E-state index contributed by atoms with van der Waals surface area (Å²) in [5.74, 6) is -0.594. The number of benzene rings is 6. The Hall–Kier alpha value is -7.80. The Bertz CT molecular complexity index is 4070. The van der Waals surface area contributed by atoms with E-state index in [1.54, 1.807) is 60.7 Å². The van der Waals surface area contributed by atoms with Crippen LogP contribution in [-0.2, 0) is 42.9 Å². The summed E-state index contributed by atoms with van der Waals surface area (Å²) >= 11 is 0.904. The lowest BCUT2D eigenvalue weighted by Crippen LogP contribution is -2.27. The molecular formula is C49H46F2N10O8S4. The first-order valence-electron chi connectivity index (χ1n) is 21.6. The number of imidazole rings is 1. The first-order valence-corrected chi connectivity index (χ1v) is 28.4. The van der Waals surface area contributed by atoms with E-state index in [4.69, 9.17) is 5.73 Å². The summed E-state index contributed by atoms with van der Waals surface area (Å²) in [5.41, 5.74) is 13.5. The van der Waals surface area contributed by atoms with Gasteiger partial charge in [-0.05, 0) is 102 Å². The molecule has 0 aliphatic carbocycles. The topological polar surface area (TPSA) is 285 Å². The van der Waals surface area contributed by atoms with Gasteiger partial charge in [-0.1, -0.05) is 72.4 Å². The second kappa shape index (κ2) is 21.9. The predicted molar refractivity (Wildman–Crippen MR) is 285 cm³/mol. The number of aromatic nitrogens is 6. The molecule has 9 rings (SSSR count). The quantitative estimate of drug-likeness (QED) is 0.0458. The highest BCUT2D eigenvalue weighted by Crippen LogP contribution is 2.30. The summed E-state index contributed by atoms with van der Waals surface area (Å²) in [6.07, 6.45) is 5.24. The number of nitrogens with zero attached hydrogens (tertiary/aromatic N) is 4. The molecule has 0 aliphatic heterocycles. The molecule has 3 heterocycles. The number of aryl methyl sites for hydroxylation is 1. The monoisotopic (exact) mass is 1070 g/mol. The molecule has 0 fully saturated rings. The number of nitrogen functional groups attached to an aromatic ring is 1. The van der Waals surface area contributed by atoms with Crippen molar-refractivity contribution in [1.29, 1.82) is 0 Å². The normalized spacial score (nSPS) is 12.0. The minimum atomic E-state index is -3.57. The third kappa shape index (κ3) is 14.0. The highest BCUT2D eigenvalue weighted by molar-refractivity contribution is 8.14. The number of sulfonamides is 3. The molecule has 0 saturated carbocycles. The largest absolute Gasteiger partial charge is 0.399 e. The Balaban J connectivity index is 0.000000175. The maximum absolute atomic E-state index is 14.7. The van der Waals surface area contributed by atoms with E-state index in [0.29, 0.717) is 62.7 Å². The van der Waals surface area contributed by atoms with Gasteiger partial charge in [-0.2, -0.15) is 10.2 Å². The maximum atomic E-state index is 14.7. The van der Waals surface area contributed by atoms with Gasteiger partial charge in [-0.15, -0.1) is 4.40 Å². The molecule has 0 saturated heterocycles. The lowest BCUT2D eigenvalue weighted by atomic mass is 9.97. The van der Waals surface area contributed by atoms with Crippen LogP contribution in [0.25, 0.3) is 54.8 Å². The molecule has 24 heteroatoms. The molecule has 3 aromatic heterocycles. The molecule has 0 unspecified atom stereocenters. The van der Waals surface area contributed by atoms with Crippen molar-refractivity contribution in [3.8, 4) is 22.3 Å². The number of nitrogens with two attached hydrogens (primary N) is 1. The first-order chi connectivity index (χ1) is 34.4. The van der Waals surface area contributed by atoms with Crippen LogP contribution in [0.5, 0.6) is 0 Å². The number of halogens is 2. The van der Waals surface area contributed by atoms with Crippen LogP contribution in [0.2, 0.25) is 0 Å². The standard InChI is InChI=1S/C23H18FN5O3S.C22H18FN3O.C4H10N2O4S3/c1-33(31,32)29-23-25-19-9-7-14(12-21(19)26-23)17-10-13(6-8-18(17)24)11-20-15-4-2-3-5-16(15)22(30)28-27-20;1-13-10-15(7-9-20(13)24)18-11-14(6-8-19(18)23)12-21-16-4-2-3-5-17(16)22(27)26-25-21;1-11-4(5-12(2,7)8)6-13(3,9)10/h2-10,12H,11H2,1H3,(H,28,30)(H2,25,26,29);2-11H,12,24H2,1H3,(H,26,27);1-3H3,(H,5,6). The van der Waals surface area contributed by atoms with Gasteiger partial charge in [0.15, 0.2) is 5.17 Å². The fraction of sp³-hybridized carbons (Fsp3) is 0.143. The Kier molecular flexibility index (Phi) is 15.9. The zero-order chi connectivity index (χ0) is 52.8. The third-order valence-electron chi connectivity index (χ3n) is 10.7. The fourth-order valence-corrected chi connectivity index (χ4v) is 10.2. The van der Waals surface area contributed by atoms with Gasteiger partial charge in [-0.25, -0.2) is 49.2 Å². The number of hydrogen-bond donors (Lipinski definition) is 6. The van der Waals surface area contributed by atoms with Crippen LogP contribution in [0.1, 0.15) is 28.1 Å². The van der Waals surface area contributed by atoms with Gasteiger partial charge in [0.25, 0.3) is 21.1 Å². The number of aromatic amines is 3. The van der Waals surface area contributed by atoms with Gasteiger partial charge in [0, 0.05) is 40.4 Å². The van der Waals surface area contributed by atoms with E-state index in [1.165, 1.54) is 18.4 Å². The smallest absolute Gasteiger partial charge is 0.272 e. The van der Waals surface area contributed by atoms with Crippen LogP contribution >= 0.6 is 11.8 Å². The van der Waals surface area contributed by atoms with Gasteiger partial charge >= 0.3 is 0 Å². The molecule has 0 aliphatic rings. The molecule has 73 heavy (non-hydrogen) atoms. The summed E-state index contributed by atoms with van der Waals surface area (Å²) in [6, 6.07) is 35.0. The predicted octanol–water partition coefficient (Wildman–Crippen LogP) is 6.99. The second-order valence-corrected chi connectivity index (χ2v) is 22.5. The molecule has 0 amide bonds. The van der Waals surface area contributed by atoms with Crippen LogP contribution < -0.4 is 26.3 Å². The molecule has 0 bridgehead atoms. The lowest BCUT2D eigenvalue weighted by Gasteiger charge is -2.10. The Morgan fingerprint density at radius 1 is 0.658 bits per heavy atom. The second-order valence-electron chi connectivity index (χ2n) is 16.5. The van der Waals surface area contributed by atoms with Crippen molar-refractivity contribution in [3.05, 3.63) is 182 Å². The van der Waals surface area contributed by atoms with Crippen LogP contribution in [0.15, 0.2) is 135 Å². The van der Waals surface area contributed by atoms with Crippen LogP contribution in [0.3, 0.4) is 0 Å². The van der Waals surface area contributed by atoms with E-state index in [0.717, 1.165) is 69.2 Å². The SMILES string of the molecule is CS(=O)(=O)Nc1nc2ccc(-c3cc(Cc4n[nH]c(=O)c5ccccc45)ccc3F)cc2[nH]1.CSC(=NS(C)(=O)=O)NS(C)(=O)=O.Cc1cc(-c2cc(Cc3n[nH]c(=O)c4ccccc34)ccc2F)ccc1N. The molecule has 6 aromatic carbocycles.